The molecular weight excluding hydrogens is 112 g/mol. The molecule has 0 fully saturated rings. The van der Waals surface area contributed by atoms with E-state index in [1.54, 1.807) is 6.20 Å². The fourth-order valence-corrected chi connectivity index (χ4v) is 0.595. The predicted molar refractivity (Wildman–Crippen MR) is 36.5 cm³/mol. The average Bonchev–Trinajstić information content (AvgIpc) is 1.90. The molecule has 1 radical (unpaired) electrons. The van der Waals surface area contributed by atoms with Crippen LogP contribution in [0.2, 0.25) is 0 Å². The summed E-state index contributed by atoms with van der Waals surface area (Å²) in [4.78, 5) is 3.99. The second kappa shape index (κ2) is 2.60. The molecule has 0 spiro atoms. The molecule has 1 rings (SSSR count). The van der Waals surface area contributed by atoms with Crippen LogP contribution in [0.4, 0.5) is 0 Å². The molecule has 1 aromatic heterocycles. The van der Waals surface area contributed by atoms with E-state index in [1.165, 1.54) is 0 Å². The number of rotatable bonds is 1. The smallest absolute Gasteiger partial charge is 0.0570 e. The molecule has 0 aliphatic heterocycles. The number of hydrogen-bond acceptors (Lipinski definition) is 2. The Bertz CT molecular complexity index is 170. The Morgan fingerprint density at radius 1 is 1.56 bits per heavy atom. The lowest BCUT2D eigenvalue weighted by molar-refractivity contribution is 0.858. The summed E-state index contributed by atoms with van der Waals surface area (Å²) in [5.41, 5.74) is 6.27. The molecule has 1 heterocycles. The summed E-state index contributed by atoms with van der Waals surface area (Å²) in [5.74, 6) is 0. The zero-order valence-electron chi connectivity index (χ0n) is 5.12. The van der Waals surface area contributed by atoms with Crippen LogP contribution in [-0.4, -0.2) is 4.98 Å². The van der Waals surface area contributed by atoms with E-state index in [4.69, 9.17) is 5.73 Å². The second-order valence-corrected chi connectivity index (χ2v) is 1.86. The van der Waals surface area contributed by atoms with Crippen molar-refractivity contribution in [2.75, 3.05) is 0 Å². The average molecular weight is 121 g/mol. The fourth-order valence-electron chi connectivity index (χ4n) is 0.595. The molecule has 0 aliphatic rings. The Labute approximate surface area is 54.7 Å². The van der Waals surface area contributed by atoms with Gasteiger partial charge in [-0.25, -0.2) is 0 Å². The van der Waals surface area contributed by atoms with Crippen LogP contribution in [-0.2, 0) is 0 Å². The van der Waals surface area contributed by atoms with Gasteiger partial charge in [0.2, 0.25) is 0 Å². The summed E-state index contributed by atoms with van der Waals surface area (Å²) in [5, 5.41) is 0. The van der Waals surface area contributed by atoms with Crippen molar-refractivity contribution in [1.82, 2.24) is 4.98 Å². The molecule has 2 heteroatoms. The van der Waals surface area contributed by atoms with Gasteiger partial charge in [0.1, 0.15) is 0 Å². The van der Waals surface area contributed by atoms with Crippen LogP contribution in [0, 0.1) is 6.92 Å². The van der Waals surface area contributed by atoms with Crippen molar-refractivity contribution < 1.29 is 0 Å². The Morgan fingerprint density at radius 2 is 2.33 bits per heavy atom. The van der Waals surface area contributed by atoms with Gasteiger partial charge in [-0.1, -0.05) is 6.07 Å². The zero-order chi connectivity index (χ0) is 6.69. The lowest BCUT2D eigenvalue weighted by atomic mass is 10.2. The minimum absolute atomic E-state index is 0.203. The molecular formula is C7H9N2. The Morgan fingerprint density at radius 3 is 2.67 bits per heavy atom. The minimum Gasteiger partial charge on any atom is -0.323 e. The fraction of sp³-hybridized carbons (Fsp3) is 0.143. The van der Waals surface area contributed by atoms with Gasteiger partial charge in [0.25, 0.3) is 0 Å². The van der Waals surface area contributed by atoms with Crippen molar-refractivity contribution in [3.8, 4) is 0 Å². The van der Waals surface area contributed by atoms with Gasteiger partial charge in [-0.15, -0.1) is 0 Å². The second-order valence-electron chi connectivity index (χ2n) is 1.86. The quantitative estimate of drug-likeness (QED) is 0.600. The first kappa shape index (κ1) is 6.23. The van der Waals surface area contributed by atoms with Gasteiger partial charge in [0, 0.05) is 12.2 Å². The molecule has 9 heavy (non-hydrogen) atoms. The minimum atomic E-state index is -0.203. The third-order valence-electron chi connectivity index (χ3n) is 1.07. The largest absolute Gasteiger partial charge is 0.323 e. The highest BCUT2D eigenvalue weighted by atomic mass is 14.7. The van der Waals surface area contributed by atoms with Crippen LogP contribution < -0.4 is 5.73 Å². The number of nitrogens with zero attached hydrogens (tertiary/aromatic N) is 1. The van der Waals surface area contributed by atoms with Crippen LogP contribution in [0.25, 0.3) is 0 Å². The van der Waals surface area contributed by atoms with Gasteiger partial charge in [0.15, 0.2) is 0 Å². The molecule has 0 aliphatic carbocycles. The molecule has 0 saturated heterocycles. The number of pyridine rings is 1. The van der Waals surface area contributed by atoms with Crippen molar-refractivity contribution in [2.24, 2.45) is 5.73 Å². The van der Waals surface area contributed by atoms with E-state index < -0.39 is 0 Å². The van der Waals surface area contributed by atoms with E-state index in [0.29, 0.717) is 0 Å². The van der Waals surface area contributed by atoms with Crippen LogP contribution in [0.5, 0.6) is 0 Å². The van der Waals surface area contributed by atoms with E-state index in [-0.39, 0.29) is 6.04 Å². The third kappa shape index (κ3) is 1.50. The summed E-state index contributed by atoms with van der Waals surface area (Å²) < 4.78 is 0. The van der Waals surface area contributed by atoms with Crippen LogP contribution in [0.15, 0.2) is 24.4 Å². The predicted octanol–water partition coefficient (Wildman–Crippen LogP) is 0.915. The Hall–Kier alpha value is -0.890. The van der Waals surface area contributed by atoms with Gasteiger partial charge in [-0.3, -0.25) is 4.98 Å². The molecule has 0 amide bonds. The molecule has 2 N–H and O–H groups in total. The summed E-state index contributed by atoms with van der Waals surface area (Å²) in [6, 6.07) is 5.41. The highest BCUT2D eigenvalue weighted by Crippen LogP contribution is 2.01. The van der Waals surface area contributed by atoms with Crippen LogP contribution >= 0.6 is 0 Å². The van der Waals surface area contributed by atoms with Gasteiger partial charge < -0.3 is 5.73 Å². The highest BCUT2D eigenvalue weighted by Gasteiger charge is 1.95. The number of aromatic nitrogens is 1. The molecule has 0 saturated carbocycles. The summed E-state index contributed by atoms with van der Waals surface area (Å²) in [6.45, 7) is 3.62. The Kier molecular flexibility index (Phi) is 1.80. The zero-order valence-corrected chi connectivity index (χ0v) is 5.12. The van der Waals surface area contributed by atoms with Gasteiger partial charge >= 0.3 is 0 Å². The summed E-state index contributed by atoms with van der Waals surface area (Å²) in [7, 11) is 0. The van der Waals surface area contributed by atoms with E-state index >= 15 is 0 Å². The first-order chi connectivity index (χ1) is 4.30. The highest BCUT2D eigenvalue weighted by molar-refractivity contribution is 5.08. The number of nitrogens with two attached hydrogens (primary N) is 1. The lowest BCUT2D eigenvalue weighted by Crippen LogP contribution is -2.06. The Balaban J connectivity index is 2.85. The van der Waals surface area contributed by atoms with Crippen molar-refractivity contribution in [2.45, 2.75) is 6.04 Å². The molecule has 1 unspecified atom stereocenters. The van der Waals surface area contributed by atoms with Crippen molar-refractivity contribution in [1.29, 1.82) is 0 Å². The first-order valence-corrected chi connectivity index (χ1v) is 2.80. The molecule has 2 nitrogen and oxygen atoms in total. The van der Waals surface area contributed by atoms with E-state index in [9.17, 15) is 0 Å². The van der Waals surface area contributed by atoms with Crippen LogP contribution in [0.1, 0.15) is 11.7 Å². The standard InChI is InChI=1S/C7H9N2/c1-6(8)7-4-2-3-5-9-7/h2-6H,1,8H2. The van der Waals surface area contributed by atoms with E-state index in [2.05, 4.69) is 11.9 Å². The molecule has 47 valence electrons. The monoisotopic (exact) mass is 121 g/mol. The number of hydrogen-bond donors (Lipinski definition) is 1. The molecule has 0 bridgehead atoms. The normalized spacial score (nSPS) is 13.1. The van der Waals surface area contributed by atoms with E-state index in [0.717, 1.165) is 5.69 Å². The van der Waals surface area contributed by atoms with Crippen molar-refractivity contribution in [3.63, 3.8) is 0 Å². The summed E-state index contributed by atoms with van der Waals surface area (Å²) >= 11 is 0. The van der Waals surface area contributed by atoms with E-state index in [1.807, 2.05) is 18.2 Å². The molecule has 1 atom stereocenters. The van der Waals surface area contributed by atoms with Crippen molar-refractivity contribution in [3.05, 3.63) is 37.0 Å². The van der Waals surface area contributed by atoms with Gasteiger partial charge in [-0.05, 0) is 19.1 Å². The maximum Gasteiger partial charge on any atom is 0.0570 e. The molecule has 1 aromatic rings. The maximum absolute atomic E-state index is 5.44. The topological polar surface area (TPSA) is 38.9 Å². The summed E-state index contributed by atoms with van der Waals surface area (Å²) in [6.07, 6.45) is 1.71. The first-order valence-electron chi connectivity index (χ1n) is 2.80. The van der Waals surface area contributed by atoms with Gasteiger partial charge in [0.05, 0.1) is 5.69 Å². The molecule has 0 aromatic carbocycles. The maximum atomic E-state index is 5.44. The van der Waals surface area contributed by atoms with Gasteiger partial charge in [-0.2, -0.15) is 0 Å². The lowest BCUT2D eigenvalue weighted by Gasteiger charge is -2.00. The third-order valence-corrected chi connectivity index (χ3v) is 1.07. The van der Waals surface area contributed by atoms with Crippen molar-refractivity contribution >= 4 is 0 Å². The SMILES string of the molecule is [CH2]C(N)c1ccccn1. The van der Waals surface area contributed by atoms with Crippen LogP contribution in [0.3, 0.4) is 0 Å².